The number of amides is 1. The topological polar surface area (TPSA) is 164 Å². The van der Waals surface area contributed by atoms with Crippen molar-refractivity contribution < 1.29 is 27.7 Å². The third-order valence-electron chi connectivity index (χ3n) is 4.18. The lowest BCUT2D eigenvalue weighted by Crippen LogP contribution is -2.22. The Morgan fingerprint density at radius 3 is 2.10 bits per heavy atom. The molecule has 0 saturated carbocycles. The molecular formula is C19H21N4O6S+. The summed E-state index contributed by atoms with van der Waals surface area (Å²) in [7, 11) is -0.624. The number of quaternary nitrogens is 1. The van der Waals surface area contributed by atoms with Gasteiger partial charge in [0.15, 0.2) is 5.71 Å². The summed E-state index contributed by atoms with van der Waals surface area (Å²) in [5, 5.41) is 14.2. The fourth-order valence-corrected chi connectivity index (χ4v) is 3.15. The minimum atomic E-state index is -4.39. The van der Waals surface area contributed by atoms with E-state index in [1.165, 1.54) is 18.2 Å². The van der Waals surface area contributed by atoms with E-state index in [9.17, 15) is 23.1 Å². The van der Waals surface area contributed by atoms with Gasteiger partial charge in [0.2, 0.25) is 0 Å². The zero-order valence-corrected chi connectivity index (χ0v) is 17.3. The first-order valence-electron chi connectivity index (χ1n) is 8.31. The second kappa shape index (κ2) is 8.45. The number of carboxylic acids is 1. The van der Waals surface area contributed by atoms with Crippen LogP contribution in [0.1, 0.15) is 5.56 Å². The molecule has 0 spiro atoms. The molecule has 0 aromatic heterocycles. The molecule has 6 N–H and O–H groups in total. The molecule has 1 amide bonds. The average molecular weight is 433 g/mol. The van der Waals surface area contributed by atoms with Crippen molar-refractivity contribution in [1.29, 1.82) is 0 Å². The number of carbonyl (C=O) groups is 2. The van der Waals surface area contributed by atoms with Crippen LogP contribution in [0.3, 0.4) is 0 Å². The van der Waals surface area contributed by atoms with E-state index in [0.717, 1.165) is 22.8 Å². The van der Waals surface area contributed by atoms with Crippen LogP contribution >= 0.6 is 0 Å². The quantitative estimate of drug-likeness (QED) is 0.480. The summed E-state index contributed by atoms with van der Waals surface area (Å²) in [5.41, 5.74) is 1.20. The van der Waals surface area contributed by atoms with Crippen molar-refractivity contribution in [3.63, 3.8) is 0 Å². The van der Waals surface area contributed by atoms with Crippen LogP contribution in [0, 0.1) is 0 Å². The van der Waals surface area contributed by atoms with Crippen molar-refractivity contribution in [1.82, 2.24) is 6.15 Å². The van der Waals surface area contributed by atoms with Gasteiger partial charge in [0.25, 0.3) is 16.0 Å². The number of hydrogen-bond acceptors (Lipinski definition) is 6. The first kappa shape index (κ1) is 22.7. The molecule has 0 saturated heterocycles. The second-order valence-electron chi connectivity index (χ2n) is 6.38. The number of anilines is 2. The summed E-state index contributed by atoms with van der Waals surface area (Å²) in [6.07, 6.45) is 1.43. The van der Waals surface area contributed by atoms with Gasteiger partial charge >= 0.3 is 5.97 Å². The summed E-state index contributed by atoms with van der Waals surface area (Å²) in [6, 6.07) is 11.8. The van der Waals surface area contributed by atoms with Gasteiger partial charge in [0.1, 0.15) is 0 Å². The van der Waals surface area contributed by atoms with Crippen molar-refractivity contribution in [3.05, 3.63) is 59.7 Å². The van der Waals surface area contributed by atoms with Crippen molar-refractivity contribution in [2.75, 3.05) is 24.0 Å². The lowest BCUT2D eigenvalue weighted by atomic mass is 10.1. The predicted octanol–water partition coefficient (Wildman–Crippen LogP) is 2.25. The van der Waals surface area contributed by atoms with Crippen LogP contribution in [0.4, 0.5) is 11.4 Å². The van der Waals surface area contributed by atoms with Crippen LogP contribution in [-0.2, 0) is 19.7 Å². The zero-order valence-electron chi connectivity index (χ0n) is 16.5. The van der Waals surface area contributed by atoms with Gasteiger partial charge in [-0.15, -0.1) is 0 Å². The van der Waals surface area contributed by atoms with E-state index in [2.05, 4.69) is 5.10 Å². The maximum atomic E-state index is 12.8. The molecule has 0 radical (unpaired) electrons. The highest BCUT2D eigenvalue weighted by atomic mass is 32.2. The monoisotopic (exact) mass is 433 g/mol. The van der Waals surface area contributed by atoms with Crippen LogP contribution in [0.15, 0.2) is 64.1 Å². The van der Waals surface area contributed by atoms with Gasteiger partial charge in [-0.1, -0.05) is 12.1 Å². The fraction of sp³-hybridized carbons (Fsp3) is 0.105. The van der Waals surface area contributed by atoms with E-state index in [4.69, 9.17) is 4.55 Å². The molecule has 1 heterocycles. The van der Waals surface area contributed by atoms with E-state index in [0.29, 0.717) is 5.56 Å². The molecule has 0 bridgehead atoms. The van der Waals surface area contributed by atoms with Gasteiger partial charge in [-0.05, 0) is 48.0 Å². The van der Waals surface area contributed by atoms with Crippen molar-refractivity contribution in [2.24, 2.45) is 5.10 Å². The molecule has 1 aliphatic heterocycles. The van der Waals surface area contributed by atoms with Crippen LogP contribution in [0.25, 0.3) is 6.08 Å². The first-order valence-corrected chi connectivity index (χ1v) is 9.75. The third-order valence-corrected chi connectivity index (χ3v) is 5.05. The predicted molar refractivity (Wildman–Crippen MR) is 114 cm³/mol. The fourth-order valence-electron chi connectivity index (χ4n) is 2.67. The Balaban J connectivity index is 0.00000320. The SMILES string of the molecule is CN(C)c1ccc(C=C2C(=O)N(c3ccc(S(=O)(=O)O)cc3)N=C2C(=O)O)cc1.[NH4+]. The van der Waals surface area contributed by atoms with E-state index >= 15 is 0 Å². The van der Waals surface area contributed by atoms with E-state index in [1.54, 1.807) is 12.1 Å². The molecule has 0 aliphatic carbocycles. The van der Waals surface area contributed by atoms with Crippen molar-refractivity contribution in [2.45, 2.75) is 4.90 Å². The average Bonchev–Trinajstić information content (AvgIpc) is 2.98. The normalized spacial score (nSPS) is 15.0. The molecule has 158 valence electrons. The molecule has 11 heteroatoms. The first-order chi connectivity index (χ1) is 13.6. The zero-order chi connectivity index (χ0) is 21.3. The Labute approximate surface area is 173 Å². The molecule has 0 fully saturated rings. The van der Waals surface area contributed by atoms with E-state index < -0.39 is 27.7 Å². The van der Waals surface area contributed by atoms with Crippen molar-refractivity contribution in [3.8, 4) is 0 Å². The van der Waals surface area contributed by atoms with Gasteiger partial charge in [-0.3, -0.25) is 9.35 Å². The van der Waals surface area contributed by atoms with Crippen LogP contribution < -0.4 is 16.1 Å². The van der Waals surface area contributed by atoms with Gasteiger partial charge in [-0.2, -0.15) is 18.5 Å². The third kappa shape index (κ3) is 4.54. The molecule has 0 unspecified atom stereocenters. The van der Waals surface area contributed by atoms with Gasteiger partial charge in [0, 0.05) is 19.8 Å². The molecular weight excluding hydrogens is 412 g/mol. The van der Waals surface area contributed by atoms with Crippen molar-refractivity contribution >= 4 is 45.2 Å². The summed E-state index contributed by atoms with van der Waals surface area (Å²) in [6.45, 7) is 0. The number of hydrogen-bond donors (Lipinski definition) is 3. The Morgan fingerprint density at radius 1 is 1.07 bits per heavy atom. The van der Waals surface area contributed by atoms with E-state index in [1.807, 2.05) is 31.1 Å². The maximum absolute atomic E-state index is 12.8. The lowest BCUT2D eigenvalue weighted by Gasteiger charge is -2.12. The number of carboxylic acid groups (broad SMARTS) is 1. The maximum Gasteiger partial charge on any atom is 0.357 e. The number of hydrazone groups is 1. The number of nitrogens with zero attached hydrogens (tertiary/aromatic N) is 3. The molecule has 3 rings (SSSR count). The van der Waals surface area contributed by atoms with E-state index in [-0.39, 0.29) is 22.3 Å². The molecule has 1 aliphatic rings. The molecule has 2 aromatic carbocycles. The number of aliphatic carboxylic acids is 1. The lowest BCUT2D eigenvalue weighted by molar-refractivity contribution is -0.129. The molecule has 10 nitrogen and oxygen atoms in total. The van der Waals surface area contributed by atoms with Gasteiger partial charge < -0.3 is 16.2 Å². The number of benzene rings is 2. The molecule has 2 aromatic rings. The van der Waals surface area contributed by atoms with Crippen LogP contribution in [0.5, 0.6) is 0 Å². The minimum Gasteiger partial charge on any atom is -0.476 e. The highest BCUT2D eigenvalue weighted by molar-refractivity contribution is 7.85. The molecule has 30 heavy (non-hydrogen) atoms. The highest BCUT2D eigenvalue weighted by Crippen LogP contribution is 2.26. The van der Waals surface area contributed by atoms with Gasteiger partial charge in [0.05, 0.1) is 16.2 Å². The largest absolute Gasteiger partial charge is 0.476 e. The minimum absolute atomic E-state index is 0. The Morgan fingerprint density at radius 2 is 1.63 bits per heavy atom. The van der Waals surface area contributed by atoms with Gasteiger partial charge in [-0.25, -0.2) is 4.79 Å². The Bertz CT molecular complexity index is 1140. The number of carbonyl (C=O) groups excluding carboxylic acids is 1. The summed E-state index contributed by atoms with van der Waals surface area (Å²) < 4.78 is 31.3. The van der Waals surface area contributed by atoms with Crippen LogP contribution in [0.2, 0.25) is 0 Å². The smallest absolute Gasteiger partial charge is 0.357 e. The standard InChI is InChI=1S/C19H17N3O6S.H3N/c1-21(2)13-5-3-12(4-6-13)11-16-17(19(24)25)20-22(18(16)23)14-7-9-15(10-8-14)29(26,27)28;/h3-11H,1-2H3,(H,24,25)(H,26,27,28);1H3/p+1. The molecule has 0 atom stereocenters. The second-order valence-corrected chi connectivity index (χ2v) is 7.81. The summed E-state index contributed by atoms with van der Waals surface area (Å²) in [4.78, 5) is 25.9. The number of rotatable bonds is 5. The van der Waals surface area contributed by atoms with Crippen LogP contribution in [-0.4, -0.2) is 49.8 Å². The Kier molecular flexibility index (Phi) is 6.41. The highest BCUT2D eigenvalue weighted by Gasteiger charge is 2.35. The Hall–Kier alpha value is -3.54. The summed E-state index contributed by atoms with van der Waals surface area (Å²) >= 11 is 0. The summed E-state index contributed by atoms with van der Waals surface area (Å²) in [5.74, 6) is -2.04.